The number of unbranched alkanes of at least 4 members (excludes halogenated alkanes) is 47. The van der Waals surface area contributed by atoms with Crippen LogP contribution in [0.25, 0.3) is 0 Å². The topological polar surface area (TPSA) is 237 Å². The molecule has 0 heterocycles. The van der Waals surface area contributed by atoms with Crippen LogP contribution in [-0.4, -0.2) is 96.7 Å². The van der Waals surface area contributed by atoms with Crippen molar-refractivity contribution in [3.05, 3.63) is 0 Å². The number of carbonyl (C=O) groups is 4. The van der Waals surface area contributed by atoms with Gasteiger partial charge in [-0.05, 0) is 49.4 Å². The fraction of sp³-hybridized carbons (Fsp3) is 0.954. The van der Waals surface area contributed by atoms with Crippen molar-refractivity contribution < 1.29 is 80.2 Å². The molecular formula is C87H170O17P2. The highest BCUT2D eigenvalue weighted by Crippen LogP contribution is 2.45. The molecular weight excluding hydrogens is 1380 g/mol. The van der Waals surface area contributed by atoms with E-state index in [-0.39, 0.29) is 25.7 Å². The molecule has 19 heteroatoms. The predicted molar refractivity (Wildman–Crippen MR) is 437 cm³/mol. The Hall–Kier alpha value is -1.94. The average molecular weight is 1550 g/mol. The van der Waals surface area contributed by atoms with Crippen molar-refractivity contribution in [3.63, 3.8) is 0 Å². The summed E-state index contributed by atoms with van der Waals surface area (Å²) in [6.07, 6.45) is 65.0. The van der Waals surface area contributed by atoms with E-state index in [4.69, 9.17) is 37.0 Å². The summed E-state index contributed by atoms with van der Waals surface area (Å²) in [5.74, 6) is 1.18. The maximum atomic E-state index is 13.2. The Morgan fingerprint density at radius 1 is 0.264 bits per heavy atom. The number of aliphatic hydroxyl groups is 1. The molecule has 630 valence electrons. The molecule has 0 aliphatic rings. The van der Waals surface area contributed by atoms with E-state index in [9.17, 15) is 43.2 Å². The van der Waals surface area contributed by atoms with Gasteiger partial charge in [0.05, 0.1) is 26.4 Å². The first-order valence-corrected chi connectivity index (χ1v) is 47.8. The predicted octanol–water partition coefficient (Wildman–Crippen LogP) is 26.3. The molecule has 0 radical (unpaired) electrons. The Labute approximate surface area is 651 Å². The van der Waals surface area contributed by atoms with Crippen LogP contribution in [0.1, 0.15) is 453 Å². The summed E-state index contributed by atoms with van der Waals surface area (Å²) in [6, 6.07) is 0. The van der Waals surface area contributed by atoms with Crippen LogP contribution < -0.4 is 0 Å². The second-order valence-electron chi connectivity index (χ2n) is 32.5. The molecule has 17 nitrogen and oxygen atoms in total. The first-order chi connectivity index (χ1) is 51.2. The number of phosphoric ester groups is 2. The second kappa shape index (κ2) is 75.7. The van der Waals surface area contributed by atoms with Crippen molar-refractivity contribution in [1.82, 2.24) is 0 Å². The molecule has 0 aromatic carbocycles. The number of hydrogen-bond donors (Lipinski definition) is 3. The number of carbonyl (C=O) groups excluding carboxylic acids is 4. The van der Waals surface area contributed by atoms with E-state index in [2.05, 4.69) is 55.4 Å². The van der Waals surface area contributed by atoms with Crippen molar-refractivity contribution in [3.8, 4) is 0 Å². The van der Waals surface area contributed by atoms with E-state index < -0.39 is 97.5 Å². The number of phosphoric acid groups is 2. The maximum Gasteiger partial charge on any atom is 0.472 e. The molecule has 0 saturated carbocycles. The quantitative estimate of drug-likeness (QED) is 0.0222. The minimum atomic E-state index is -4.97. The van der Waals surface area contributed by atoms with Gasteiger partial charge < -0.3 is 33.8 Å². The van der Waals surface area contributed by atoms with Gasteiger partial charge in [-0.2, -0.15) is 0 Å². The van der Waals surface area contributed by atoms with Gasteiger partial charge in [-0.3, -0.25) is 37.3 Å². The Bertz CT molecular complexity index is 2060. The summed E-state index contributed by atoms with van der Waals surface area (Å²) in [6.45, 7) is 14.4. The summed E-state index contributed by atoms with van der Waals surface area (Å²) >= 11 is 0. The van der Waals surface area contributed by atoms with Crippen LogP contribution in [0.3, 0.4) is 0 Å². The van der Waals surface area contributed by atoms with Crippen LogP contribution in [0.15, 0.2) is 0 Å². The number of ether oxygens (including phenoxy) is 4. The van der Waals surface area contributed by atoms with Crippen LogP contribution in [0, 0.1) is 23.7 Å². The molecule has 5 unspecified atom stereocenters. The maximum absolute atomic E-state index is 13.2. The van der Waals surface area contributed by atoms with Gasteiger partial charge in [0.1, 0.15) is 19.3 Å². The molecule has 0 aromatic heterocycles. The van der Waals surface area contributed by atoms with Crippen molar-refractivity contribution in [2.45, 2.75) is 472 Å². The number of rotatable bonds is 84. The highest BCUT2D eigenvalue weighted by atomic mass is 31.2. The smallest absolute Gasteiger partial charge is 0.462 e. The first kappa shape index (κ1) is 104. The van der Waals surface area contributed by atoms with Crippen LogP contribution in [0.2, 0.25) is 0 Å². The molecule has 0 spiro atoms. The van der Waals surface area contributed by atoms with Gasteiger partial charge in [0.25, 0.3) is 0 Å². The largest absolute Gasteiger partial charge is 0.472 e. The second-order valence-corrected chi connectivity index (χ2v) is 35.4. The molecule has 0 aromatic rings. The monoisotopic (exact) mass is 1550 g/mol. The Morgan fingerprint density at radius 2 is 0.453 bits per heavy atom. The van der Waals surface area contributed by atoms with Gasteiger partial charge in [-0.15, -0.1) is 0 Å². The lowest BCUT2D eigenvalue weighted by Gasteiger charge is -2.21. The molecule has 3 N–H and O–H groups in total. The van der Waals surface area contributed by atoms with Crippen LogP contribution >= 0.6 is 15.6 Å². The molecule has 8 atom stereocenters. The fourth-order valence-electron chi connectivity index (χ4n) is 13.4. The third kappa shape index (κ3) is 76.1. The highest BCUT2D eigenvalue weighted by molar-refractivity contribution is 7.47. The lowest BCUT2D eigenvalue weighted by molar-refractivity contribution is -0.161. The lowest BCUT2D eigenvalue weighted by atomic mass is 9.99. The zero-order valence-electron chi connectivity index (χ0n) is 70.1. The SMILES string of the molecule is CCC(C)CCCCCCCCCCCCCCCCC(=O)OC[C@H](COP(=O)(O)OC[C@@H](O)COP(=O)(O)OC[C@@H](COC(=O)CCCCCCCCCCCC(C)C)OC(=O)CCCCCCCCCCCCCCCCC(C)CC)OC(=O)CCCCCCCCCCCCCCCCC(C)CC. The molecule has 0 aliphatic carbocycles. The molecule has 0 fully saturated rings. The van der Waals surface area contributed by atoms with E-state index in [0.717, 1.165) is 114 Å². The van der Waals surface area contributed by atoms with Crippen molar-refractivity contribution >= 4 is 39.5 Å². The summed E-state index contributed by atoms with van der Waals surface area (Å²) < 4.78 is 69.0. The van der Waals surface area contributed by atoms with Crippen molar-refractivity contribution in [1.29, 1.82) is 0 Å². The molecule has 0 amide bonds. The summed E-state index contributed by atoms with van der Waals surface area (Å²) in [5.41, 5.74) is 0. The summed E-state index contributed by atoms with van der Waals surface area (Å²) in [7, 11) is -9.93. The molecule has 0 aliphatic heterocycles. The van der Waals surface area contributed by atoms with Gasteiger partial charge in [-0.25, -0.2) is 9.13 Å². The third-order valence-electron chi connectivity index (χ3n) is 21.4. The molecule has 106 heavy (non-hydrogen) atoms. The average Bonchev–Trinajstić information content (AvgIpc) is 0.899. The van der Waals surface area contributed by atoms with E-state index in [1.54, 1.807) is 0 Å². The van der Waals surface area contributed by atoms with Crippen molar-refractivity contribution in [2.24, 2.45) is 23.7 Å². The Kier molecular flexibility index (Phi) is 74.3. The Balaban J connectivity index is 5.27. The zero-order valence-corrected chi connectivity index (χ0v) is 71.9. The van der Waals surface area contributed by atoms with E-state index in [0.29, 0.717) is 25.7 Å². The first-order valence-electron chi connectivity index (χ1n) is 44.8. The van der Waals surface area contributed by atoms with Crippen molar-refractivity contribution in [2.75, 3.05) is 39.6 Å². The molecule has 0 saturated heterocycles. The minimum Gasteiger partial charge on any atom is -0.462 e. The molecule has 0 bridgehead atoms. The normalized spacial score (nSPS) is 14.7. The number of hydrogen-bond acceptors (Lipinski definition) is 15. The van der Waals surface area contributed by atoms with Gasteiger partial charge >= 0.3 is 39.5 Å². The van der Waals surface area contributed by atoms with E-state index in [1.807, 2.05) is 0 Å². The lowest BCUT2D eigenvalue weighted by Crippen LogP contribution is -2.30. The summed E-state index contributed by atoms with van der Waals surface area (Å²) in [5, 5.41) is 10.7. The van der Waals surface area contributed by atoms with E-state index in [1.165, 1.54) is 257 Å². The van der Waals surface area contributed by atoms with Crippen LogP contribution in [-0.2, 0) is 65.4 Å². The van der Waals surface area contributed by atoms with Crippen LogP contribution in [0.4, 0.5) is 0 Å². The number of aliphatic hydroxyl groups excluding tert-OH is 1. The Morgan fingerprint density at radius 3 is 0.670 bits per heavy atom. The fourth-order valence-corrected chi connectivity index (χ4v) is 15.0. The van der Waals surface area contributed by atoms with E-state index >= 15 is 0 Å². The third-order valence-corrected chi connectivity index (χ3v) is 23.3. The standard InChI is InChI=1S/C87H170O17P2/c1-9-78(6)64-56-48-40-32-24-18-12-15-21-27-35-43-51-59-67-84(89)97-73-82(103-86(91)69-61-53-45-36-28-22-16-13-19-25-33-41-49-57-65-79(7)10-2)75-101-105(93,94)99-71-81(88)72-100-106(95,96)102-76-83(74-98-85(90)68-60-52-44-38-30-31-39-47-55-63-77(4)5)104-87(92)70-62-54-46-37-29-23-17-14-20-26-34-42-50-58-66-80(8)11-3/h77-83,88H,9-76H2,1-8H3,(H,93,94)(H,95,96)/t78?,79?,80?,81-,82-,83-/m1/s1. The zero-order chi connectivity index (χ0) is 78.1. The van der Waals surface area contributed by atoms with Crippen LogP contribution in [0.5, 0.6) is 0 Å². The number of esters is 4. The van der Waals surface area contributed by atoms with Gasteiger partial charge in [0.15, 0.2) is 12.2 Å². The highest BCUT2D eigenvalue weighted by Gasteiger charge is 2.31. The van der Waals surface area contributed by atoms with Gasteiger partial charge in [0.2, 0.25) is 0 Å². The van der Waals surface area contributed by atoms with Gasteiger partial charge in [-0.1, -0.05) is 402 Å². The summed E-state index contributed by atoms with van der Waals surface area (Å²) in [4.78, 5) is 73.3. The van der Waals surface area contributed by atoms with Gasteiger partial charge in [0, 0.05) is 25.7 Å². The minimum absolute atomic E-state index is 0.107. The molecule has 0 rings (SSSR count).